The molecule has 0 bridgehead atoms. The SMILES string of the molecule is COC(=O)c1ccc[n+](N)c1. The second-order valence-electron chi connectivity index (χ2n) is 2.03. The maximum Gasteiger partial charge on any atom is 0.344 e. The lowest BCUT2D eigenvalue weighted by atomic mass is 10.3. The summed E-state index contributed by atoms with van der Waals surface area (Å²) in [4.78, 5) is 10.9. The van der Waals surface area contributed by atoms with Crippen LogP contribution in [-0.4, -0.2) is 13.1 Å². The second-order valence-corrected chi connectivity index (χ2v) is 2.03. The molecular weight excluding hydrogens is 144 g/mol. The molecule has 0 fully saturated rings. The molecule has 2 N–H and O–H groups in total. The molecule has 1 rings (SSSR count). The maximum absolute atomic E-state index is 10.9. The van der Waals surface area contributed by atoms with Crippen molar-refractivity contribution in [2.45, 2.75) is 0 Å². The van der Waals surface area contributed by atoms with Gasteiger partial charge >= 0.3 is 5.97 Å². The fraction of sp³-hybridized carbons (Fsp3) is 0.143. The van der Waals surface area contributed by atoms with Gasteiger partial charge in [0.2, 0.25) is 6.20 Å². The first-order valence-corrected chi connectivity index (χ1v) is 3.09. The van der Waals surface area contributed by atoms with Gasteiger partial charge in [-0.3, -0.25) is 0 Å². The first-order chi connectivity index (χ1) is 5.24. The van der Waals surface area contributed by atoms with Crippen molar-refractivity contribution in [3.05, 3.63) is 30.1 Å². The van der Waals surface area contributed by atoms with Crippen LogP contribution < -0.4 is 10.5 Å². The molecule has 4 heteroatoms. The molecule has 0 saturated carbocycles. The molecule has 0 aliphatic heterocycles. The minimum Gasteiger partial charge on any atom is -0.465 e. The Morgan fingerprint density at radius 1 is 1.73 bits per heavy atom. The lowest BCUT2D eigenvalue weighted by Crippen LogP contribution is -2.44. The van der Waals surface area contributed by atoms with Gasteiger partial charge in [0.05, 0.1) is 7.11 Å². The molecule has 0 spiro atoms. The molecule has 1 aromatic heterocycles. The highest BCUT2D eigenvalue weighted by Crippen LogP contribution is 1.94. The number of carbonyl (C=O) groups excluding carboxylic acids is 1. The van der Waals surface area contributed by atoms with E-state index in [0.717, 1.165) is 0 Å². The summed E-state index contributed by atoms with van der Waals surface area (Å²) >= 11 is 0. The summed E-state index contributed by atoms with van der Waals surface area (Å²) in [6, 6.07) is 3.31. The number of methoxy groups -OCH3 is 1. The zero-order chi connectivity index (χ0) is 8.27. The Labute approximate surface area is 64.2 Å². The van der Waals surface area contributed by atoms with Gasteiger partial charge in [0.15, 0.2) is 6.20 Å². The number of hydrogen-bond acceptors (Lipinski definition) is 3. The van der Waals surface area contributed by atoms with E-state index in [2.05, 4.69) is 4.74 Å². The third kappa shape index (κ3) is 1.67. The van der Waals surface area contributed by atoms with Gasteiger partial charge in [-0.15, -0.1) is 0 Å². The van der Waals surface area contributed by atoms with Gasteiger partial charge in [-0.05, 0) is 6.07 Å². The summed E-state index contributed by atoms with van der Waals surface area (Å²) in [6.45, 7) is 0. The number of nitrogen functional groups attached to an aromatic ring is 1. The lowest BCUT2D eigenvalue weighted by Gasteiger charge is -1.94. The van der Waals surface area contributed by atoms with E-state index < -0.39 is 0 Å². The van der Waals surface area contributed by atoms with E-state index in [9.17, 15) is 4.79 Å². The smallest absolute Gasteiger partial charge is 0.344 e. The number of rotatable bonds is 1. The third-order valence-corrected chi connectivity index (χ3v) is 1.24. The number of pyridine rings is 1. The van der Waals surface area contributed by atoms with Crippen LogP contribution in [0.1, 0.15) is 10.4 Å². The predicted octanol–water partition coefficient (Wildman–Crippen LogP) is -0.526. The van der Waals surface area contributed by atoms with E-state index in [1.807, 2.05) is 0 Å². The van der Waals surface area contributed by atoms with E-state index in [-0.39, 0.29) is 5.97 Å². The van der Waals surface area contributed by atoms with Gasteiger partial charge in [-0.1, -0.05) is 4.68 Å². The van der Waals surface area contributed by atoms with Crippen LogP contribution >= 0.6 is 0 Å². The van der Waals surface area contributed by atoms with Crippen molar-refractivity contribution in [1.82, 2.24) is 0 Å². The van der Waals surface area contributed by atoms with Gasteiger partial charge in [0.1, 0.15) is 5.56 Å². The predicted molar refractivity (Wildman–Crippen MR) is 38.1 cm³/mol. The van der Waals surface area contributed by atoms with Crippen LogP contribution in [0.4, 0.5) is 0 Å². The van der Waals surface area contributed by atoms with Crippen molar-refractivity contribution in [2.75, 3.05) is 13.0 Å². The molecule has 1 heterocycles. The fourth-order valence-electron chi connectivity index (χ4n) is 0.731. The Kier molecular flexibility index (Phi) is 2.06. The molecule has 11 heavy (non-hydrogen) atoms. The molecular formula is C7H9N2O2+. The van der Waals surface area contributed by atoms with Crippen molar-refractivity contribution < 1.29 is 14.2 Å². The molecule has 0 amide bonds. The highest BCUT2D eigenvalue weighted by Gasteiger charge is 2.07. The molecule has 0 saturated heterocycles. The second kappa shape index (κ2) is 3.01. The van der Waals surface area contributed by atoms with Gasteiger partial charge in [0.25, 0.3) is 0 Å². The largest absolute Gasteiger partial charge is 0.465 e. The van der Waals surface area contributed by atoms with Gasteiger partial charge in [-0.2, -0.15) is 0 Å². The molecule has 0 radical (unpaired) electrons. The Balaban J connectivity index is 2.96. The number of carbonyl (C=O) groups is 1. The number of esters is 1. The third-order valence-electron chi connectivity index (χ3n) is 1.24. The molecule has 0 aliphatic rings. The Hall–Kier alpha value is -1.58. The summed E-state index contributed by atoms with van der Waals surface area (Å²) in [5, 5.41) is 0. The highest BCUT2D eigenvalue weighted by molar-refractivity contribution is 5.88. The van der Waals surface area contributed by atoms with Crippen molar-refractivity contribution in [1.29, 1.82) is 0 Å². The summed E-state index contributed by atoms with van der Waals surface area (Å²) in [6.07, 6.45) is 3.12. The molecule has 58 valence electrons. The molecule has 0 aromatic carbocycles. The van der Waals surface area contributed by atoms with Crippen LogP contribution in [-0.2, 0) is 4.74 Å². The van der Waals surface area contributed by atoms with Crippen LogP contribution in [0.25, 0.3) is 0 Å². The quantitative estimate of drug-likeness (QED) is 0.335. The van der Waals surface area contributed by atoms with Gasteiger partial charge < -0.3 is 4.74 Å². The molecule has 1 aromatic rings. The number of aromatic nitrogens is 1. The van der Waals surface area contributed by atoms with Crippen molar-refractivity contribution in [3.8, 4) is 0 Å². The van der Waals surface area contributed by atoms with Crippen LogP contribution in [0.3, 0.4) is 0 Å². The summed E-state index contributed by atoms with van der Waals surface area (Å²) in [7, 11) is 1.33. The van der Waals surface area contributed by atoms with E-state index >= 15 is 0 Å². The van der Waals surface area contributed by atoms with E-state index in [4.69, 9.17) is 5.84 Å². The summed E-state index contributed by atoms with van der Waals surface area (Å²) < 4.78 is 5.78. The first-order valence-electron chi connectivity index (χ1n) is 3.09. The normalized spacial score (nSPS) is 9.18. The van der Waals surface area contributed by atoms with Crippen molar-refractivity contribution >= 4 is 5.97 Å². The zero-order valence-electron chi connectivity index (χ0n) is 6.15. The van der Waals surface area contributed by atoms with Crippen LogP contribution in [0, 0.1) is 0 Å². The van der Waals surface area contributed by atoms with E-state index in [0.29, 0.717) is 5.56 Å². The van der Waals surface area contributed by atoms with Crippen LogP contribution in [0.2, 0.25) is 0 Å². The average molecular weight is 153 g/mol. The number of nitrogens with zero attached hydrogens (tertiary/aromatic N) is 1. The topological polar surface area (TPSA) is 56.2 Å². The molecule has 0 atom stereocenters. The molecule has 4 nitrogen and oxygen atoms in total. The minimum absolute atomic E-state index is 0.384. The van der Waals surface area contributed by atoms with Crippen molar-refractivity contribution in [3.63, 3.8) is 0 Å². The molecule has 0 aliphatic carbocycles. The van der Waals surface area contributed by atoms with E-state index in [1.165, 1.54) is 18.0 Å². The summed E-state index contributed by atoms with van der Waals surface area (Å²) in [5.74, 6) is 4.98. The Morgan fingerprint density at radius 3 is 3.00 bits per heavy atom. The standard InChI is InChI=1S/C7H9N2O2/c1-11-7(10)6-3-2-4-9(8)5-6/h2-5H,8H2,1H3/q+1. The fourth-order valence-corrected chi connectivity index (χ4v) is 0.731. The van der Waals surface area contributed by atoms with Gasteiger partial charge in [-0.25, -0.2) is 10.6 Å². The Bertz CT molecular complexity index is 273. The van der Waals surface area contributed by atoms with Crippen LogP contribution in [0.5, 0.6) is 0 Å². The van der Waals surface area contributed by atoms with Crippen molar-refractivity contribution in [2.24, 2.45) is 0 Å². The van der Waals surface area contributed by atoms with E-state index in [1.54, 1.807) is 18.3 Å². The molecule has 0 unspecified atom stereocenters. The minimum atomic E-state index is -0.384. The number of nitrogens with two attached hydrogens (primary N) is 1. The summed E-state index contributed by atoms with van der Waals surface area (Å²) in [5.41, 5.74) is 0.442. The first kappa shape index (κ1) is 7.53. The zero-order valence-corrected chi connectivity index (χ0v) is 6.15. The number of hydrogen-bond donors (Lipinski definition) is 1. The average Bonchev–Trinajstić information content (AvgIpc) is 2.03. The van der Waals surface area contributed by atoms with Gasteiger partial charge in [0, 0.05) is 6.07 Å². The lowest BCUT2D eigenvalue weighted by molar-refractivity contribution is -0.639. The highest BCUT2D eigenvalue weighted by atomic mass is 16.5. The maximum atomic E-state index is 10.9. The monoisotopic (exact) mass is 153 g/mol. The van der Waals surface area contributed by atoms with Crippen LogP contribution in [0.15, 0.2) is 24.5 Å². The number of ether oxygens (including phenoxy) is 1. The Morgan fingerprint density at radius 2 is 2.45 bits per heavy atom.